The van der Waals surface area contributed by atoms with E-state index in [0.717, 1.165) is 10.9 Å². The van der Waals surface area contributed by atoms with Crippen molar-refractivity contribution in [2.24, 2.45) is 5.16 Å². The Balaban J connectivity index is 2.11. The summed E-state index contributed by atoms with van der Waals surface area (Å²) in [5.41, 5.74) is 1.12. The van der Waals surface area contributed by atoms with Crippen LogP contribution >= 0.6 is 0 Å². The van der Waals surface area contributed by atoms with Crippen LogP contribution in [-0.2, 0) is 16.0 Å². The minimum absolute atomic E-state index is 0.0376. The van der Waals surface area contributed by atoms with Crippen LogP contribution in [0.2, 0.25) is 0 Å². The Morgan fingerprint density at radius 2 is 1.95 bits per heavy atom. The summed E-state index contributed by atoms with van der Waals surface area (Å²) in [4.78, 5) is 11.3. The van der Waals surface area contributed by atoms with E-state index >= 15 is 0 Å². The van der Waals surface area contributed by atoms with Crippen LogP contribution in [0.15, 0.2) is 47.6 Å². The molecule has 0 aliphatic heterocycles. The number of benzene rings is 2. The van der Waals surface area contributed by atoms with Crippen LogP contribution in [0, 0.1) is 0 Å². The number of fused-ring (bicyclic) bond motifs is 1. The van der Waals surface area contributed by atoms with Crippen LogP contribution in [0.4, 0.5) is 0 Å². The third kappa shape index (κ3) is 3.10. The number of methoxy groups -OCH3 is 1. The molecule has 0 saturated carbocycles. The van der Waals surface area contributed by atoms with E-state index in [2.05, 4.69) is 16.0 Å². The zero-order valence-corrected chi connectivity index (χ0v) is 10.7. The molecule has 19 heavy (non-hydrogen) atoms. The lowest BCUT2D eigenvalue weighted by Crippen LogP contribution is -2.16. The maximum atomic E-state index is 11.3. The number of esters is 1. The second-order valence-corrected chi connectivity index (χ2v) is 4.22. The zero-order chi connectivity index (χ0) is 13.7. The van der Waals surface area contributed by atoms with Gasteiger partial charge in [-0.2, -0.15) is 0 Å². The highest BCUT2D eigenvalue weighted by molar-refractivity contribution is 6.36. The number of rotatable bonds is 4. The van der Waals surface area contributed by atoms with Crippen molar-refractivity contribution in [3.05, 3.63) is 48.0 Å². The van der Waals surface area contributed by atoms with Gasteiger partial charge in [0.25, 0.3) is 0 Å². The predicted octanol–water partition coefficient (Wildman–Crippen LogP) is 2.78. The molecule has 0 bridgehead atoms. The standard InChI is InChI=1S/C15H15NO3/c1-19-15(17)14(16-18)9-7-11-6-8-12-4-2-3-5-13(12)10-11/h2-6,8,10,18H,7,9H2,1H3/b16-14-. The van der Waals surface area contributed by atoms with Crippen molar-refractivity contribution >= 4 is 22.5 Å². The molecule has 0 amide bonds. The highest BCUT2D eigenvalue weighted by atomic mass is 16.5. The fourth-order valence-corrected chi connectivity index (χ4v) is 1.97. The quantitative estimate of drug-likeness (QED) is 0.396. The molecule has 98 valence electrons. The summed E-state index contributed by atoms with van der Waals surface area (Å²) in [7, 11) is 1.27. The smallest absolute Gasteiger partial charge is 0.355 e. The van der Waals surface area contributed by atoms with E-state index in [1.165, 1.54) is 12.5 Å². The van der Waals surface area contributed by atoms with Gasteiger partial charge < -0.3 is 9.94 Å². The summed E-state index contributed by atoms with van der Waals surface area (Å²) in [6.07, 6.45) is 0.973. The number of oxime groups is 1. The largest absolute Gasteiger partial charge is 0.464 e. The molecule has 0 aromatic heterocycles. The monoisotopic (exact) mass is 257 g/mol. The molecule has 0 fully saturated rings. The van der Waals surface area contributed by atoms with Crippen molar-refractivity contribution in [3.63, 3.8) is 0 Å². The van der Waals surface area contributed by atoms with Gasteiger partial charge in [-0.3, -0.25) is 0 Å². The molecule has 0 radical (unpaired) electrons. The van der Waals surface area contributed by atoms with E-state index in [9.17, 15) is 4.79 Å². The molecule has 4 heteroatoms. The van der Waals surface area contributed by atoms with E-state index in [4.69, 9.17) is 5.21 Å². The van der Waals surface area contributed by atoms with Crippen LogP contribution in [-0.4, -0.2) is 24.0 Å². The molecule has 4 nitrogen and oxygen atoms in total. The number of carbonyl (C=O) groups excluding carboxylic acids is 1. The van der Waals surface area contributed by atoms with Crippen molar-refractivity contribution in [2.75, 3.05) is 7.11 Å². The Kier molecular flexibility index (Phi) is 4.13. The first-order valence-electron chi connectivity index (χ1n) is 6.01. The van der Waals surface area contributed by atoms with Gasteiger partial charge in [-0.1, -0.05) is 47.6 Å². The van der Waals surface area contributed by atoms with Gasteiger partial charge in [-0.05, 0) is 22.8 Å². The Morgan fingerprint density at radius 3 is 2.63 bits per heavy atom. The van der Waals surface area contributed by atoms with Crippen molar-refractivity contribution in [3.8, 4) is 0 Å². The first kappa shape index (κ1) is 13.1. The van der Waals surface area contributed by atoms with Crippen LogP contribution in [0.25, 0.3) is 10.8 Å². The fourth-order valence-electron chi connectivity index (χ4n) is 1.97. The second kappa shape index (κ2) is 6.00. The molecule has 0 aliphatic carbocycles. The van der Waals surface area contributed by atoms with Gasteiger partial charge >= 0.3 is 5.97 Å². The normalized spacial score (nSPS) is 11.5. The number of hydrogen-bond acceptors (Lipinski definition) is 4. The average Bonchev–Trinajstić information content (AvgIpc) is 2.47. The van der Waals surface area contributed by atoms with Gasteiger partial charge in [-0.15, -0.1) is 0 Å². The van der Waals surface area contributed by atoms with Crippen molar-refractivity contribution in [2.45, 2.75) is 12.8 Å². The topological polar surface area (TPSA) is 58.9 Å². The Hall–Kier alpha value is -2.36. The minimum Gasteiger partial charge on any atom is -0.464 e. The Labute approximate surface area is 111 Å². The van der Waals surface area contributed by atoms with Crippen molar-refractivity contribution in [1.82, 2.24) is 0 Å². The van der Waals surface area contributed by atoms with Crippen LogP contribution < -0.4 is 0 Å². The summed E-state index contributed by atoms with van der Waals surface area (Å²) in [6, 6.07) is 14.2. The number of aryl methyl sites for hydroxylation is 1. The molecule has 2 rings (SSSR count). The van der Waals surface area contributed by atoms with Gasteiger partial charge in [0.15, 0.2) is 5.71 Å². The van der Waals surface area contributed by atoms with Crippen LogP contribution in [0.1, 0.15) is 12.0 Å². The lowest BCUT2D eigenvalue weighted by Gasteiger charge is -2.04. The van der Waals surface area contributed by atoms with E-state index < -0.39 is 5.97 Å². The SMILES string of the molecule is COC(=O)/C(CCc1ccc2ccccc2c1)=N\O. The number of hydrogen-bond donors (Lipinski definition) is 1. The van der Waals surface area contributed by atoms with E-state index in [1.54, 1.807) is 0 Å². The molecule has 1 N–H and O–H groups in total. The number of nitrogens with zero attached hydrogens (tertiary/aromatic N) is 1. The third-order valence-corrected chi connectivity index (χ3v) is 3.01. The fraction of sp³-hybridized carbons (Fsp3) is 0.200. The second-order valence-electron chi connectivity index (χ2n) is 4.22. The molecule has 0 atom stereocenters. The Bertz CT molecular complexity index is 620. The highest BCUT2D eigenvalue weighted by Gasteiger charge is 2.12. The molecular formula is C15H15NO3. The predicted molar refractivity (Wildman–Crippen MR) is 73.5 cm³/mol. The van der Waals surface area contributed by atoms with Crippen molar-refractivity contribution in [1.29, 1.82) is 0 Å². The number of carbonyl (C=O) groups is 1. The van der Waals surface area contributed by atoms with Crippen LogP contribution in [0.5, 0.6) is 0 Å². The first-order chi connectivity index (χ1) is 9.24. The molecule has 0 saturated heterocycles. The summed E-state index contributed by atoms with van der Waals surface area (Å²) >= 11 is 0. The summed E-state index contributed by atoms with van der Waals surface area (Å²) in [5.74, 6) is -0.594. The summed E-state index contributed by atoms with van der Waals surface area (Å²) in [5, 5.41) is 14.1. The molecular weight excluding hydrogens is 242 g/mol. The Morgan fingerprint density at radius 1 is 1.21 bits per heavy atom. The maximum Gasteiger partial charge on any atom is 0.355 e. The molecule has 0 spiro atoms. The van der Waals surface area contributed by atoms with E-state index in [-0.39, 0.29) is 5.71 Å². The molecule has 0 aliphatic rings. The summed E-state index contributed by atoms with van der Waals surface area (Å²) < 4.78 is 4.53. The van der Waals surface area contributed by atoms with Gasteiger partial charge in [0.05, 0.1) is 7.11 Å². The first-order valence-corrected chi connectivity index (χ1v) is 6.01. The van der Waals surface area contributed by atoms with Crippen molar-refractivity contribution < 1.29 is 14.7 Å². The van der Waals surface area contributed by atoms with Gasteiger partial charge in [-0.25, -0.2) is 4.79 Å². The summed E-state index contributed by atoms with van der Waals surface area (Å²) in [6.45, 7) is 0. The number of ether oxygens (including phenoxy) is 1. The van der Waals surface area contributed by atoms with Gasteiger partial charge in [0, 0.05) is 6.42 Å². The lowest BCUT2D eigenvalue weighted by atomic mass is 10.0. The van der Waals surface area contributed by atoms with E-state index in [1.807, 2.05) is 36.4 Å². The molecule has 0 unspecified atom stereocenters. The third-order valence-electron chi connectivity index (χ3n) is 3.01. The van der Waals surface area contributed by atoms with E-state index in [0.29, 0.717) is 12.8 Å². The van der Waals surface area contributed by atoms with Gasteiger partial charge in [0.1, 0.15) is 0 Å². The maximum absolute atomic E-state index is 11.3. The molecule has 0 heterocycles. The minimum atomic E-state index is -0.594. The van der Waals surface area contributed by atoms with Crippen LogP contribution in [0.3, 0.4) is 0 Å². The zero-order valence-electron chi connectivity index (χ0n) is 10.7. The van der Waals surface area contributed by atoms with Gasteiger partial charge in [0.2, 0.25) is 0 Å². The lowest BCUT2D eigenvalue weighted by molar-refractivity contribution is -0.133. The average molecular weight is 257 g/mol. The molecule has 2 aromatic rings. The highest BCUT2D eigenvalue weighted by Crippen LogP contribution is 2.16. The molecule has 2 aromatic carbocycles.